The molecule has 0 bridgehead atoms. The molecule has 0 spiro atoms. The van der Waals surface area contributed by atoms with Crippen LogP contribution >= 0.6 is 0 Å². The Morgan fingerprint density at radius 3 is 2.29 bits per heavy atom. The van der Waals surface area contributed by atoms with E-state index in [1.165, 1.54) is 16.5 Å². The normalized spacial score (nSPS) is 11.0. The molecule has 0 unspecified atom stereocenters. The van der Waals surface area contributed by atoms with Gasteiger partial charge in [0.2, 0.25) is 0 Å². The van der Waals surface area contributed by atoms with Gasteiger partial charge in [0, 0.05) is 24.2 Å². The van der Waals surface area contributed by atoms with Crippen molar-refractivity contribution in [2.45, 2.75) is 40.2 Å². The molecule has 4 heteroatoms. The van der Waals surface area contributed by atoms with E-state index in [1.54, 1.807) is 0 Å². The van der Waals surface area contributed by atoms with E-state index in [0.29, 0.717) is 19.8 Å². The summed E-state index contributed by atoms with van der Waals surface area (Å²) in [6.07, 6.45) is 4.23. The number of aromatic nitrogens is 1. The summed E-state index contributed by atoms with van der Waals surface area (Å²) in [6.45, 7) is 9.07. The van der Waals surface area contributed by atoms with Gasteiger partial charge in [-0.2, -0.15) is 0 Å². The minimum absolute atomic E-state index is 0.637. The lowest BCUT2D eigenvalue weighted by Crippen LogP contribution is -2.00. The van der Waals surface area contributed by atoms with Crippen LogP contribution in [0.4, 0.5) is 0 Å². The summed E-state index contributed by atoms with van der Waals surface area (Å²) in [6, 6.07) is 4.21. The lowest BCUT2D eigenvalue weighted by molar-refractivity contribution is 0.288. The molecule has 2 rings (SSSR count). The minimum atomic E-state index is 0.637. The zero-order valence-electron chi connectivity index (χ0n) is 13.3. The molecule has 0 radical (unpaired) electrons. The first-order chi connectivity index (χ1) is 10.2. The fourth-order valence-corrected chi connectivity index (χ4v) is 2.66. The molecule has 1 heterocycles. The van der Waals surface area contributed by atoms with E-state index in [4.69, 9.17) is 15.2 Å². The first-order valence-electron chi connectivity index (χ1n) is 7.86. The van der Waals surface area contributed by atoms with Crippen molar-refractivity contribution < 1.29 is 9.47 Å². The quantitative estimate of drug-likeness (QED) is 0.811. The smallest absolute Gasteiger partial charge is 0.163 e. The highest BCUT2D eigenvalue weighted by molar-refractivity contribution is 5.87. The maximum atomic E-state index is 5.74. The molecule has 2 N–H and O–H groups in total. The number of hydrogen-bond donors (Lipinski definition) is 1. The first-order valence-corrected chi connectivity index (χ1v) is 7.86. The summed E-state index contributed by atoms with van der Waals surface area (Å²) in [5.41, 5.74) is 8.19. The van der Waals surface area contributed by atoms with Gasteiger partial charge in [0.15, 0.2) is 11.5 Å². The van der Waals surface area contributed by atoms with Crippen LogP contribution in [0.5, 0.6) is 11.5 Å². The topological polar surface area (TPSA) is 49.4 Å². The molecule has 1 aromatic carbocycles. The molecule has 21 heavy (non-hydrogen) atoms. The van der Waals surface area contributed by atoms with Crippen molar-refractivity contribution >= 4 is 10.9 Å². The van der Waals surface area contributed by atoms with E-state index in [0.717, 1.165) is 30.9 Å². The minimum Gasteiger partial charge on any atom is -0.490 e. The number of nitrogens with two attached hydrogens (primary N) is 1. The Morgan fingerprint density at radius 2 is 1.71 bits per heavy atom. The predicted molar refractivity (Wildman–Crippen MR) is 87.3 cm³/mol. The van der Waals surface area contributed by atoms with Crippen LogP contribution in [0.3, 0.4) is 0 Å². The van der Waals surface area contributed by atoms with E-state index < -0.39 is 0 Å². The predicted octanol–water partition coefficient (Wildman–Crippen LogP) is 3.35. The maximum absolute atomic E-state index is 5.74. The van der Waals surface area contributed by atoms with Gasteiger partial charge >= 0.3 is 0 Å². The molecule has 0 aliphatic rings. The monoisotopic (exact) mass is 290 g/mol. The second kappa shape index (κ2) is 7.36. The molecular weight excluding hydrogens is 264 g/mol. The van der Waals surface area contributed by atoms with Gasteiger partial charge in [0.25, 0.3) is 0 Å². The standard InChI is InChI=1S/C17H26N2O2/c1-4-19-12-13(8-7-9-18)14-10-16(20-5-2)17(21-6-3)11-15(14)19/h10-12H,4-9,18H2,1-3H3. The number of fused-ring (bicyclic) bond motifs is 1. The SMILES string of the molecule is CCOc1cc2c(CCCN)cn(CC)c2cc1OCC. The van der Waals surface area contributed by atoms with E-state index in [-0.39, 0.29) is 0 Å². The number of rotatable bonds is 8. The molecule has 0 aliphatic heterocycles. The highest BCUT2D eigenvalue weighted by Gasteiger charge is 2.13. The molecule has 1 aromatic heterocycles. The van der Waals surface area contributed by atoms with Gasteiger partial charge < -0.3 is 19.8 Å². The fourth-order valence-electron chi connectivity index (χ4n) is 2.66. The molecule has 0 atom stereocenters. The molecule has 116 valence electrons. The van der Waals surface area contributed by atoms with Crippen LogP contribution in [0.25, 0.3) is 10.9 Å². The van der Waals surface area contributed by atoms with E-state index in [2.05, 4.69) is 29.8 Å². The fraction of sp³-hybridized carbons (Fsp3) is 0.529. The number of aryl methyl sites for hydroxylation is 2. The summed E-state index contributed by atoms with van der Waals surface area (Å²) < 4.78 is 13.7. The van der Waals surface area contributed by atoms with E-state index in [9.17, 15) is 0 Å². The van der Waals surface area contributed by atoms with Crippen LogP contribution in [-0.2, 0) is 13.0 Å². The third-order valence-corrected chi connectivity index (χ3v) is 3.62. The van der Waals surface area contributed by atoms with Crippen LogP contribution in [0.1, 0.15) is 32.8 Å². The summed E-state index contributed by atoms with van der Waals surface area (Å²) >= 11 is 0. The Balaban J connectivity index is 2.54. The second-order valence-corrected chi connectivity index (χ2v) is 5.01. The maximum Gasteiger partial charge on any atom is 0.163 e. The van der Waals surface area contributed by atoms with Gasteiger partial charge in [-0.1, -0.05) is 0 Å². The number of benzene rings is 1. The van der Waals surface area contributed by atoms with Gasteiger partial charge in [-0.25, -0.2) is 0 Å². The lowest BCUT2D eigenvalue weighted by Gasteiger charge is -2.12. The van der Waals surface area contributed by atoms with Gasteiger partial charge in [-0.15, -0.1) is 0 Å². The van der Waals surface area contributed by atoms with Crippen LogP contribution in [0.2, 0.25) is 0 Å². The van der Waals surface area contributed by atoms with Crippen LogP contribution in [0.15, 0.2) is 18.3 Å². The van der Waals surface area contributed by atoms with Crippen molar-refractivity contribution in [2.75, 3.05) is 19.8 Å². The summed E-state index contributed by atoms with van der Waals surface area (Å²) in [4.78, 5) is 0. The van der Waals surface area contributed by atoms with Gasteiger partial charge in [-0.3, -0.25) is 0 Å². The molecule has 0 saturated heterocycles. The Labute approximate surface area is 126 Å². The Morgan fingerprint density at radius 1 is 1.05 bits per heavy atom. The average molecular weight is 290 g/mol. The second-order valence-electron chi connectivity index (χ2n) is 5.01. The summed E-state index contributed by atoms with van der Waals surface area (Å²) in [7, 11) is 0. The highest BCUT2D eigenvalue weighted by atomic mass is 16.5. The third kappa shape index (κ3) is 3.32. The van der Waals surface area contributed by atoms with Crippen LogP contribution in [-0.4, -0.2) is 24.3 Å². The third-order valence-electron chi connectivity index (χ3n) is 3.62. The molecule has 0 aliphatic carbocycles. The average Bonchev–Trinajstić information content (AvgIpc) is 2.83. The van der Waals surface area contributed by atoms with Crippen LogP contribution < -0.4 is 15.2 Å². The van der Waals surface area contributed by atoms with Gasteiger partial charge in [-0.05, 0) is 51.8 Å². The molecule has 0 saturated carbocycles. The van der Waals surface area contributed by atoms with Crippen molar-refractivity contribution in [3.63, 3.8) is 0 Å². The summed E-state index contributed by atoms with van der Waals surface area (Å²) in [5.74, 6) is 1.65. The van der Waals surface area contributed by atoms with Gasteiger partial charge in [0.1, 0.15) is 0 Å². The van der Waals surface area contributed by atoms with Crippen molar-refractivity contribution in [3.8, 4) is 11.5 Å². The van der Waals surface area contributed by atoms with Crippen molar-refractivity contribution in [2.24, 2.45) is 5.73 Å². The number of nitrogens with zero attached hydrogens (tertiary/aromatic N) is 1. The van der Waals surface area contributed by atoms with Crippen LogP contribution in [0, 0.1) is 0 Å². The van der Waals surface area contributed by atoms with Crippen molar-refractivity contribution in [1.29, 1.82) is 0 Å². The van der Waals surface area contributed by atoms with Crippen molar-refractivity contribution in [3.05, 3.63) is 23.9 Å². The number of hydrogen-bond acceptors (Lipinski definition) is 3. The first kappa shape index (κ1) is 15.7. The molecule has 0 fully saturated rings. The molecular formula is C17H26N2O2. The van der Waals surface area contributed by atoms with Crippen molar-refractivity contribution in [1.82, 2.24) is 4.57 Å². The Hall–Kier alpha value is -1.68. The van der Waals surface area contributed by atoms with Gasteiger partial charge in [0.05, 0.1) is 18.7 Å². The molecule has 0 amide bonds. The molecule has 2 aromatic rings. The largest absolute Gasteiger partial charge is 0.490 e. The summed E-state index contributed by atoms with van der Waals surface area (Å²) in [5, 5.41) is 1.25. The molecule has 4 nitrogen and oxygen atoms in total. The number of ether oxygens (including phenoxy) is 2. The van der Waals surface area contributed by atoms with E-state index in [1.807, 2.05) is 13.8 Å². The van der Waals surface area contributed by atoms with E-state index >= 15 is 0 Å². The highest BCUT2D eigenvalue weighted by Crippen LogP contribution is 2.35. The Kier molecular flexibility index (Phi) is 5.51. The zero-order chi connectivity index (χ0) is 15.2. The Bertz CT molecular complexity index is 590. The zero-order valence-corrected chi connectivity index (χ0v) is 13.3. The lowest BCUT2D eigenvalue weighted by atomic mass is 10.1.